The SMILES string of the molecule is O=C(CSCCNC(=O)OCC1c2ccccc2-c2ccccc21)N[C@H](CO)C(=O)O. The van der Waals surface area contributed by atoms with Gasteiger partial charge in [0.2, 0.25) is 5.91 Å². The van der Waals surface area contributed by atoms with Crippen LogP contribution in [0.1, 0.15) is 17.0 Å². The van der Waals surface area contributed by atoms with Crippen molar-refractivity contribution < 1.29 is 29.3 Å². The number of fused-ring (bicyclic) bond motifs is 3. The molecule has 1 aliphatic carbocycles. The van der Waals surface area contributed by atoms with Crippen LogP contribution < -0.4 is 10.6 Å². The molecule has 0 aromatic heterocycles. The standard InChI is InChI=1S/C22H24N2O6S/c25-11-19(21(27)28)24-20(26)13-31-10-9-23-22(29)30-12-18-16-7-3-1-5-14(16)15-6-2-4-8-17(15)18/h1-8,18-19,25H,9-13H2,(H,23,29)(H,24,26)(H,27,28)/t19-/m1/s1. The Balaban J connectivity index is 1.39. The summed E-state index contributed by atoms with van der Waals surface area (Å²) in [4.78, 5) is 34.5. The molecule has 2 aromatic carbocycles. The molecule has 8 nitrogen and oxygen atoms in total. The van der Waals surface area contributed by atoms with E-state index in [0.717, 1.165) is 22.3 Å². The molecule has 0 fully saturated rings. The molecule has 0 saturated heterocycles. The number of carboxylic acids is 1. The van der Waals surface area contributed by atoms with Gasteiger partial charge in [0.25, 0.3) is 0 Å². The number of carboxylic acid groups (broad SMARTS) is 1. The van der Waals surface area contributed by atoms with Gasteiger partial charge in [0.05, 0.1) is 12.4 Å². The normalized spacial score (nSPS) is 13.1. The van der Waals surface area contributed by atoms with E-state index in [-0.39, 0.29) is 18.3 Å². The van der Waals surface area contributed by atoms with Gasteiger partial charge in [0, 0.05) is 18.2 Å². The van der Waals surface area contributed by atoms with Crippen molar-refractivity contribution in [2.45, 2.75) is 12.0 Å². The van der Waals surface area contributed by atoms with Crippen molar-refractivity contribution >= 4 is 29.7 Å². The van der Waals surface area contributed by atoms with E-state index < -0.39 is 30.6 Å². The molecule has 1 aliphatic rings. The second-order valence-electron chi connectivity index (χ2n) is 6.95. The summed E-state index contributed by atoms with van der Waals surface area (Å²) in [5.41, 5.74) is 4.60. The van der Waals surface area contributed by atoms with Crippen LogP contribution in [-0.2, 0) is 14.3 Å². The van der Waals surface area contributed by atoms with Gasteiger partial charge >= 0.3 is 12.1 Å². The number of benzene rings is 2. The summed E-state index contributed by atoms with van der Waals surface area (Å²) in [7, 11) is 0. The summed E-state index contributed by atoms with van der Waals surface area (Å²) < 4.78 is 5.43. The summed E-state index contributed by atoms with van der Waals surface area (Å²) in [5.74, 6) is -1.32. The summed E-state index contributed by atoms with van der Waals surface area (Å²) in [6.07, 6.45) is -0.530. The molecule has 31 heavy (non-hydrogen) atoms. The number of aliphatic hydroxyl groups excluding tert-OH is 1. The highest BCUT2D eigenvalue weighted by Crippen LogP contribution is 2.44. The largest absolute Gasteiger partial charge is 0.480 e. The van der Waals surface area contributed by atoms with Crippen molar-refractivity contribution in [3.8, 4) is 11.1 Å². The number of hydrogen-bond acceptors (Lipinski definition) is 6. The van der Waals surface area contributed by atoms with Crippen LogP contribution in [0.3, 0.4) is 0 Å². The van der Waals surface area contributed by atoms with E-state index in [1.165, 1.54) is 11.8 Å². The van der Waals surface area contributed by atoms with Crippen molar-refractivity contribution in [2.75, 3.05) is 31.3 Å². The zero-order valence-corrected chi connectivity index (χ0v) is 17.6. The molecule has 0 unspecified atom stereocenters. The third-order valence-electron chi connectivity index (χ3n) is 4.91. The highest BCUT2D eigenvalue weighted by molar-refractivity contribution is 7.99. The number of thioether (sulfide) groups is 1. The van der Waals surface area contributed by atoms with Crippen LogP contribution in [0.25, 0.3) is 11.1 Å². The monoisotopic (exact) mass is 444 g/mol. The first-order valence-corrected chi connectivity index (χ1v) is 11.0. The third-order valence-corrected chi connectivity index (χ3v) is 5.87. The Bertz CT molecular complexity index is 906. The molecule has 0 radical (unpaired) electrons. The molecule has 2 amide bonds. The first kappa shape index (κ1) is 22.6. The lowest BCUT2D eigenvalue weighted by Gasteiger charge is -2.14. The number of carbonyl (C=O) groups is 3. The molecule has 164 valence electrons. The van der Waals surface area contributed by atoms with Crippen LogP contribution in [0, 0.1) is 0 Å². The average molecular weight is 445 g/mol. The first-order chi connectivity index (χ1) is 15.0. The van der Waals surface area contributed by atoms with E-state index in [0.29, 0.717) is 12.3 Å². The van der Waals surface area contributed by atoms with Gasteiger partial charge in [0.15, 0.2) is 0 Å². The maximum atomic E-state index is 12.1. The number of nitrogens with one attached hydrogen (secondary N) is 2. The van der Waals surface area contributed by atoms with Crippen molar-refractivity contribution in [1.82, 2.24) is 10.6 Å². The number of ether oxygens (including phenoxy) is 1. The van der Waals surface area contributed by atoms with Crippen LogP contribution in [0.15, 0.2) is 48.5 Å². The molecule has 1 atom stereocenters. The fourth-order valence-electron chi connectivity index (χ4n) is 3.46. The molecule has 2 aromatic rings. The Labute approximate surface area is 184 Å². The first-order valence-electron chi connectivity index (χ1n) is 9.81. The number of aliphatic hydroxyl groups is 1. The summed E-state index contributed by atoms with van der Waals surface area (Å²) >= 11 is 1.24. The minimum Gasteiger partial charge on any atom is -0.480 e. The van der Waals surface area contributed by atoms with Crippen molar-refractivity contribution in [2.24, 2.45) is 0 Å². The summed E-state index contributed by atoms with van der Waals surface area (Å²) in [6.45, 7) is -0.140. The van der Waals surface area contributed by atoms with Gasteiger partial charge in [-0.15, -0.1) is 0 Å². The van der Waals surface area contributed by atoms with Crippen LogP contribution >= 0.6 is 11.8 Å². The van der Waals surface area contributed by atoms with Gasteiger partial charge in [0.1, 0.15) is 12.6 Å². The topological polar surface area (TPSA) is 125 Å². The Morgan fingerprint density at radius 2 is 1.65 bits per heavy atom. The molecule has 4 N–H and O–H groups in total. The Morgan fingerprint density at radius 3 is 2.23 bits per heavy atom. The van der Waals surface area contributed by atoms with Gasteiger partial charge in [-0.1, -0.05) is 48.5 Å². The van der Waals surface area contributed by atoms with E-state index in [1.807, 2.05) is 24.3 Å². The highest BCUT2D eigenvalue weighted by atomic mass is 32.2. The van der Waals surface area contributed by atoms with Gasteiger partial charge < -0.3 is 25.6 Å². The summed E-state index contributed by atoms with van der Waals surface area (Å²) in [6, 6.07) is 14.9. The zero-order chi connectivity index (χ0) is 22.2. The van der Waals surface area contributed by atoms with Gasteiger partial charge in [-0.05, 0) is 22.3 Å². The van der Waals surface area contributed by atoms with Crippen LogP contribution in [0.4, 0.5) is 4.79 Å². The Morgan fingerprint density at radius 1 is 1.03 bits per heavy atom. The van der Waals surface area contributed by atoms with Crippen molar-refractivity contribution in [1.29, 1.82) is 0 Å². The predicted molar refractivity (Wildman–Crippen MR) is 117 cm³/mol. The van der Waals surface area contributed by atoms with Crippen molar-refractivity contribution in [3.05, 3.63) is 59.7 Å². The average Bonchev–Trinajstić information content (AvgIpc) is 3.09. The van der Waals surface area contributed by atoms with E-state index in [4.69, 9.17) is 14.9 Å². The molecule has 3 rings (SSSR count). The van der Waals surface area contributed by atoms with Crippen LogP contribution in [-0.4, -0.2) is 65.5 Å². The quantitative estimate of drug-likeness (QED) is 0.412. The molecule has 0 bridgehead atoms. The molecule has 0 heterocycles. The van der Waals surface area contributed by atoms with E-state index >= 15 is 0 Å². The van der Waals surface area contributed by atoms with Gasteiger partial charge in [-0.2, -0.15) is 11.8 Å². The molecular weight excluding hydrogens is 420 g/mol. The molecule has 0 aliphatic heterocycles. The second kappa shape index (κ2) is 10.8. The second-order valence-corrected chi connectivity index (χ2v) is 8.05. The number of amides is 2. The smallest absolute Gasteiger partial charge is 0.407 e. The van der Waals surface area contributed by atoms with Gasteiger partial charge in [-0.25, -0.2) is 9.59 Å². The number of aliphatic carboxylic acids is 1. The lowest BCUT2D eigenvalue weighted by Crippen LogP contribution is -2.44. The summed E-state index contributed by atoms with van der Waals surface area (Å²) in [5, 5.41) is 22.5. The van der Waals surface area contributed by atoms with Crippen molar-refractivity contribution in [3.63, 3.8) is 0 Å². The maximum absolute atomic E-state index is 12.1. The predicted octanol–water partition coefficient (Wildman–Crippen LogP) is 1.82. The highest BCUT2D eigenvalue weighted by Gasteiger charge is 2.28. The Kier molecular flexibility index (Phi) is 7.91. The number of rotatable bonds is 10. The van der Waals surface area contributed by atoms with Crippen LogP contribution in [0.2, 0.25) is 0 Å². The maximum Gasteiger partial charge on any atom is 0.407 e. The zero-order valence-electron chi connectivity index (χ0n) is 16.7. The number of alkyl carbamates (subject to hydrolysis) is 1. The number of carbonyl (C=O) groups excluding carboxylic acids is 2. The molecule has 0 spiro atoms. The molecular formula is C22H24N2O6S. The fraction of sp³-hybridized carbons (Fsp3) is 0.318. The van der Waals surface area contributed by atoms with Gasteiger partial charge in [-0.3, -0.25) is 4.79 Å². The molecule has 0 saturated carbocycles. The molecule has 9 heteroatoms. The minimum absolute atomic E-state index is 0.00933. The third kappa shape index (κ3) is 5.77. The fourth-order valence-corrected chi connectivity index (χ4v) is 4.12. The Hall–Kier alpha value is -3.04. The lowest BCUT2D eigenvalue weighted by atomic mass is 9.98. The number of hydrogen-bond donors (Lipinski definition) is 4. The van der Waals surface area contributed by atoms with E-state index in [9.17, 15) is 14.4 Å². The van der Waals surface area contributed by atoms with E-state index in [2.05, 4.69) is 34.9 Å². The van der Waals surface area contributed by atoms with E-state index in [1.54, 1.807) is 0 Å². The minimum atomic E-state index is -1.31. The van der Waals surface area contributed by atoms with Crippen LogP contribution in [0.5, 0.6) is 0 Å². The lowest BCUT2D eigenvalue weighted by molar-refractivity contribution is -0.142.